The molecule has 0 heterocycles. The van der Waals surface area contributed by atoms with Gasteiger partial charge in [0.15, 0.2) is 0 Å². The van der Waals surface area contributed by atoms with Crippen molar-refractivity contribution in [2.75, 3.05) is 19.7 Å². The molecule has 15 heavy (non-hydrogen) atoms. The van der Waals surface area contributed by atoms with Gasteiger partial charge < -0.3 is 10.1 Å². The fourth-order valence-electron chi connectivity index (χ4n) is 1.87. The van der Waals surface area contributed by atoms with Crippen molar-refractivity contribution in [2.45, 2.75) is 52.1 Å². The van der Waals surface area contributed by atoms with Crippen molar-refractivity contribution in [3.8, 4) is 0 Å². The normalized spacial score (nSPS) is 16.9. The lowest BCUT2D eigenvalue weighted by atomic mass is 9.97. The van der Waals surface area contributed by atoms with Crippen LogP contribution in [-0.2, 0) is 4.74 Å². The summed E-state index contributed by atoms with van der Waals surface area (Å²) in [4.78, 5) is 0. The number of allylic oxidation sites excluding steroid dienone is 1. The van der Waals surface area contributed by atoms with E-state index < -0.39 is 0 Å². The Morgan fingerprint density at radius 2 is 2.20 bits per heavy atom. The summed E-state index contributed by atoms with van der Waals surface area (Å²) < 4.78 is 5.46. The molecular weight excluding hydrogens is 186 g/mol. The molecule has 0 aromatic heterocycles. The second-order valence-electron chi connectivity index (χ2n) is 4.53. The summed E-state index contributed by atoms with van der Waals surface area (Å²) in [6.07, 6.45) is 9.40. The Morgan fingerprint density at radius 3 is 2.87 bits per heavy atom. The minimum Gasteiger partial charge on any atom is -0.377 e. The molecule has 0 atom stereocenters. The zero-order valence-electron chi connectivity index (χ0n) is 10.2. The van der Waals surface area contributed by atoms with Crippen molar-refractivity contribution in [1.82, 2.24) is 5.32 Å². The minimum absolute atomic E-state index is 0.354. The Labute approximate surface area is 94.1 Å². The molecule has 0 spiro atoms. The number of rotatable bonds is 7. The predicted octanol–water partition coefficient (Wildman–Crippen LogP) is 2.89. The summed E-state index contributed by atoms with van der Waals surface area (Å²) in [6, 6.07) is 0. The maximum absolute atomic E-state index is 5.46. The molecule has 0 saturated carbocycles. The first-order chi connectivity index (χ1) is 7.29. The Balaban J connectivity index is 1.90. The molecule has 2 nitrogen and oxygen atoms in total. The third-order valence-corrected chi connectivity index (χ3v) is 2.74. The average molecular weight is 211 g/mol. The van der Waals surface area contributed by atoms with Crippen molar-refractivity contribution < 1.29 is 4.74 Å². The summed E-state index contributed by atoms with van der Waals surface area (Å²) >= 11 is 0. The van der Waals surface area contributed by atoms with Crippen LogP contribution in [0.3, 0.4) is 0 Å². The molecule has 0 aromatic carbocycles. The minimum atomic E-state index is 0.354. The molecule has 88 valence electrons. The van der Waals surface area contributed by atoms with Gasteiger partial charge in [-0.05, 0) is 52.5 Å². The van der Waals surface area contributed by atoms with Crippen molar-refractivity contribution in [3.05, 3.63) is 11.6 Å². The standard InChI is InChI=1S/C13H25NO/c1-12(2)15-11-10-14-9-8-13-6-4-3-5-7-13/h6,12,14H,3-5,7-11H2,1-2H3. The van der Waals surface area contributed by atoms with Crippen molar-refractivity contribution in [3.63, 3.8) is 0 Å². The highest BCUT2D eigenvalue weighted by molar-refractivity contribution is 5.05. The Bertz CT molecular complexity index is 187. The molecule has 0 fully saturated rings. The maximum Gasteiger partial charge on any atom is 0.0594 e. The van der Waals surface area contributed by atoms with Gasteiger partial charge in [-0.25, -0.2) is 0 Å². The molecule has 1 N–H and O–H groups in total. The lowest BCUT2D eigenvalue weighted by Crippen LogP contribution is -2.22. The molecule has 0 amide bonds. The van der Waals surface area contributed by atoms with Gasteiger partial charge in [-0.1, -0.05) is 11.6 Å². The maximum atomic E-state index is 5.46. The zero-order chi connectivity index (χ0) is 10.9. The van der Waals surface area contributed by atoms with Crippen LogP contribution in [0.15, 0.2) is 11.6 Å². The van der Waals surface area contributed by atoms with E-state index in [0.29, 0.717) is 6.10 Å². The summed E-state index contributed by atoms with van der Waals surface area (Å²) in [7, 11) is 0. The Hall–Kier alpha value is -0.340. The third-order valence-electron chi connectivity index (χ3n) is 2.74. The van der Waals surface area contributed by atoms with Gasteiger partial charge in [-0.3, -0.25) is 0 Å². The zero-order valence-corrected chi connectivity index (χ0v) is 10.2. The van der Waals surface area contributed by atoms with Crippen LogP contribution in [0.5, 0.6) is 0 Å². The molecule has 0 aliphatic heterocycles. The lowest BCUT2D eigenvalue weighted by molar-refractivity contribution is 0.0810. The Morgan fingerprint density at radius 1 is 1.33 bits per heavy atom. The quantitative estimate of drug-likeness (QED) is 0.516. The van der Waals surface area contributed by atoms with Crippen molar-refractivity contribution in [1.29, 1.82) is 0 Å². The van der Waals surface area contributed by atoms with Gasteiger partial charge in [0.05, 0.1) is 12.7 Å². The van der Waals surface area contributed by atoms with E-state index in [1.807, 2.05) is 0 Å². The molecular formula is C13H25NO. The van der Waals surface area contributed by atoms with Gasteiger partial charge in [0.1, 0.15) is 0 Å². The highest BCUT2D eigenvalue weighted by Gasteiger charge is 2.02. The number of ether oxygens (including phenoxy) is 1. The van der Waals surface area contributed by atoms with Crippen LogP contribution in [0.1, 0.15) is 46.0 Å². The van der Waals surface area contributed by atoms with Crippen LogP contribution in [0, 0.1) is 0 Å². The smallest absolute Gasteiger partial charge is 0.0594 e. The van der Waals surface area contributed by atoms with Crippen molar-refractivity contribution >= 4 is 0 Å². The first-order valence-corrected chi connectivity index (χ1v) is 6.29. The van der Waals surface area contributed by atoms with Crippen molar-refractivity contribution in [2.24, 2.45) is 0 Å². The molecule has 0 unspecified atom stereocenters. The molecule has 1 rings (SSSR count). The van der Waals surface area contributed by atoms with Crippen LogP contribution < -0.4 is 5.32 Å². The van der Waals surface area contributed by atoms with E-state index >= 15 is 0 Å². The van der Waals surface area contributed by atoms with Gasteiger partial charge in [0.2, 0.25) is 0 Å². The fourth-order valence-corrected chi connectivity index (χ4v) is 1.87. The van der Waals surface area contributed by atoms with E-state index in [4.69, 9.17) is 4.74 Å². The van der Waals surface area contributed by atoms with E-state index in [2.05, 4.69) is 25.2 Å². The van der Waals surface area contributed by atoms with E-state index in [1.165, 1.54) is 32.1 Å². The largest absolute Gasteiger partial charge is 0.377 e. The third kappa shape index (κ3) is 6.69. The second-order valence-corrected chi connectivity index (χ2v) is 4.53. The first-order valence-electron chi connectivity index (χ1n) is 6.29. The summed E-state index contributed by atoms with van der Waals surface area (Å²) in [5.41, 5.74) is 1.65. The number of hydrogen-bond acceptors (Lipinski definition) is 2. The first kappa shape index (κ1) is 12.7. The monoisotopic (exact) mass is 211 g/mol. The number of nitrogens with one attached hydrogen (secondary N) is 1. The van der Waals surface area contributed by atoms with E-state index in [-0.39, 0.29) is 0 Å². The van der Waals surface area contributed by atoms with Gasteiger partial charge in [-0.2, -0.15) is 0 Å². The summed E-state index contributed by atoms with van der Waals surface area (Å²) in [5.74, 6) is 0. The highest BCUT2D eigenvalue weighted by atomic mass is 16.5. The van der Waals surface area contributed by atoms with E-state index in [9.17, 15) is 0 Å². The summed E-state index contributed by atoms with van der Waals surface area (Å²) in [6.45, 7) is 7.06. The van der Waals surface area contributed by atoms with Crippen LogP contribution in [-0.4, -0.2) is 25.8 Å². The van der Waals surface area contributed by atoms with Crippen LogP contribution in [0.25, 0.3) is 0 Å². The van der Waals surface area contributed by atoms with Gasteiger partial charge in [-0.15, -0.1) is 0 Å². The lowest BCUT2D eigenvalue weighted by Gasteiger charge is -2.13. The molecule has 1 aliphatic carbocycles. The molecule has 0 saturated heterocycles. The highest BCUT2D eigenvalue weighted by Crippen LogP contribution is 2.19. The van der Waals surface area contributed by atoms with Crippen LogP contribution >= 0.6 is 0 Å². The molecule has 0 bridgehead atoms. The summed E-state index contributed by atoms with van der Waals surface area (Å²) in [5, 5.41) is 3.42. The van der Waals surface area contributed by atoms with Crippen LogP contribution in [0.2, 0.25) is 0 Å². The SMILES string of the molecule is CC(C)OCCNCCC1=CCCCC1. The Kier molecular flexibility index (Phi) is 6.69. The fraction of sp³-hybridized carbons (Fsp3) is 0.846. The van der Waals surface area contributed by atoms with Gasteiger partial charge >= 0.3 is 0 Å². The number of hydrogen-bond donors (Lipinski definition) is 1. The van der Waals surface area contributed by atoms with Gasteiger partial charge in [0.25, 0.3) is 0 Å². The molecule has 2 heteroatoms. The topological polar surface area (TPSA) is 21.3 Å². The van der Waals surface area contributed by atoms with E-state index in [0.717, 1.165) is 19.7 Å². The molecule has 1 aliphatic rings. The van der Waals surface area contributed by atoms with E-state index in [1.54, 1.807) is 5.57 Å². The van der Waals surface area contributed by atoms with Gasteiger partial charge in [0, 0.05) is 6.54 Å². The predicted molar refractivity (Wildman–Crippen MR) is 65.1 cm³/mol. The second kappa shape index (κ2) is 7.89. The average Bonchev–Trinajstić information content (AvgIpc) is 2.24. The molecule has 0 radical (unpaired) electrons. The molecule has 0 aromatic rings. The van der Waals surface area contributed by atoms with Crippen LogP contribution in [0.4, 0.5) is 0 Å².